The number of hydrogen-bond acceptors (Lipinski definition) is 4. The van der Waals surface area contributed by atoms with Gasteiger partial charge in [-0.2, -0.15) is 0 Å². The zero-order valence-electron chi connectivity index (χ0n) is 16.5. The molecule has 0 aliphatic rings. The molecule has 0 aromatic rings. The average molecular weight is 362 g/mol. The molecule has 0 bridgehead atoms. The molecule has 0 unspecified atom stereocenters. The van der Waals surface area contributed by atoms with E-state index < -0.39 is 16.6 Å². The molecule has 0 aliphatic carbocycles. The first-order valence-corrected chi connectivity index (χ1v) is 14.9. The van der Waals surface area contributed by atoms with Gasteiger partial charge in [-0.05, 0) is 64.2 Å². The van der Waals surface area contributed by atoms with E-state index in [1.54, 1.807) is 0 Å². The fourth-order valence-electron chi connectivity index (χ4n) is 2.89. The number of nitrogens with zero attached hydrogens (tertiary/aromatic N) is 1. The molecule has 0 aliphatic heterocycles. The van der Waals surface area contributed by atoms with E-state index >= 15 is 0 Å². The highest BCUT2D eigenvalue weighted by Crippen LogP contribution is 2.22. The maximum absolute atomic E-state index is 12.1. The van der Waals surface area contributed by atoms with Gasteiger partial charge in [-0.1, -0.05) is 20.8 Å². The summed E-state index contributed by atoms with van der Waals surface area (Å²) in [6.45, 7) is 15.7. The van der Waals surface area contributed by atoms with E-state index in [2.05, 4.69) is 52.7 Å². The first-order valence-electron chi connectivity index (χ1n) is 9.28. The van der Waals surface area contributed by atoms with Gasteiger partial charge in [-0.15, -0.1) is 0 Å². The predicted octanol–water partition coefficient (Wildman–Crippen LogP) is 4.49. The minimum absolute atomic E-state index is 0.00177. The highest BCUT2D eigenvalue weighted by Gasteiger charge is 2.32. The van der Waals surface area contributed by atoms with Crippen LogP contribution in [0.3, 0.4) is 0 Å². The summed E-state index contributed by atoms with van der Waals surface area (Å²) in [5.74, 6) is -0.00177. The van der Waals surface area contributed by atoms with Gasteiger partial charge >= 0.3 is 0 Å². The molecule has 0 amide bonds. The maximum atomic E-state index is 12.1. The second-order valence-electron chi connectivity index (χ2n) is 7.07. The molecule has 0 saturated heterocycles. The average Bonchev–Trinajstić information content (AvgIpc) is 2.50. The summed E-state index contributed by atoms with van der Waals surface area (Å²) in [5, 5.41) is 0. The van der Waals surface area contributed by atoms with E-state index in [4.69, 9.17) is 8.85 Å². The Morgan fingerprint density at radius 3 is 2.04 bits per heavy atom. The molecule has 0 aromatic heterocycles. The van der Waals surface area contributed by atoms with Crippen molar-refractivity contribution in [2.24, 2.45) is 0 Å². The lowest BCUT2D eigenvalue weighted by Crippen LogP contribution is -2.39. The normalized spacial score (nSPS) is 12.7. The van der Waals surface area contributed by atoms with Gasteiger partial charge in [0.05, 0.1) is 6.42 Å². The summed E-state index contributed by atoms with van der Waals surface area (Å²) >= 11 is 0. The number of carbonyl (C=O) groups excluding carboxylic acids is 1. The SMILES string of the molecule is CCO[Si](C)(C)CCCN(C)CCC(=O)O[Si](CC)(CC)CC. The van der Waals surface area contributed by atoms with Crippen LogP contribution < -0.4 is 0 Å². The molecular formula is C17H39NO3Si2. The van der Waals surface area contributed by atoms with E-state index in [9.17, 15) is 4.79 Å². The molecule has 0 heterocycles. The summed E-state index contributed by atoms with van der Waals surface area (Å²) in [6, 6.07) is 4.25. The van der Waals surface area contributed by atoms with Gasteiger partial charge in [-0.3, -0.25) is 4.79 Å². The quantitative estimate of drug-likeness (QED) is 0.453. The second-order valence-corrected chi connectivity index (χ2v) is 16.1. The Morgan fingerprint density at radius 2 is 1.57 bits per heavy atom. The van der Waals surface area contributed by atoms with E-state index in [1.807, 2.05) is 0 Å². The Labute approximate surface area is 146 Å². The van der Waals surface area contributed by atoms with Crippen molar-refractivity contribution in [3.63, 3.8) is 0 Å². The Balaban J connectivity index is 4.05. The van der Waals surface area contributed by atoms with Crippen LogP contribution in [0, 0.1) is 0 Å². The Morgan fingerprint density at radius 1 is 1.00 bits per heavy atom. The second kappa shape index (κ2) is 11.4. The smallest absolute Gasteiger partial charge is 0.293 e. The molecule has 0 rings (SSSR count). The van der Waals surface area contributed by atoms with Gasteiger partial charge in [0, 0.05) is 13.2 Å². The van der Waals surface area contributed by atoms with Crippen molar-refractivity contribution in [2.45, 2.75) is 77.8 Å². The Bertz CT molecular complexity index is 326. The molecule has 0 saturated carbocycles. The number of carbonyl (C=O) groups is 1. The molecule has 6 heteroatoms. The van der Waals surface area contributed by atoms with Crippen LogP contribution >= 0.6 is 0 Å². The lowest BCUT2D eigenvalue weighted by atomic mass is 10.3. The fraction of sp³-hybridized carbons (Fsp3) is 0.941. The van der Waals surface area contributed by atoms with Crippen molar-refractivity contribution < 1.29 is 13.6 Å². The monoisotopic (exact) mass is 361 g/mol. The molecule has 0 N–H and O–H groups in total. The van der Waals surface area contributed by atoms with Crippen LogP contribution in [0.25, 0.3) is 0 Å². The standard InChI is InChI=1S/C17H39NO3Si2/c1-8-20-22(6,7)16-12-14-18(5)15-13-17(19)21-23(9-2,10-3)11-4/h8-16H2,1-7H3. The number of hydrogen-bond donors (Lipinski definition) is 0. The lowest BCUT2D eigenvalue weighted by molar-refractivity contribution is -0.135. The van der Waals surface area contributed by atoms with Crippen molar-refractivity contribution in [3.05, 3.63) is 0 Å². The van der Waals surface area contributed by atoms with E-state index in [1.165, 1.54) is 6.04 Å². The van der Waals surface area contributed by atoms with E-state index in [0.29, 0.717) is 6.42 Å². The molecule has 138 valence electrons. The first-order chi connectivity index (χ1) is 10.7. The summed E-state index contributed by atoms with van der Waals surface area (Å²) in [4.78, 5) is 14.4. The summed E-state index contributed by atoms with van der Waals surface area (Å²) in [6.07, 6.45) is 1.65. The Kier molecular flexibility index (Phi) is 11.3. The van der Waals surface area contributed by atoms with Gasteiger partial charge < -0.3 is 13.8 Å². The summed E-state index contributed by atoms with van der Waals surface area (Å²) in [5.41, 5.74) is 0. The van der Waals surface area contributed by atoms with Gasteiger partial charge in [0.25, 0.3) is 14.3 Å². The maximum Gasteiger partial charge on any atom is 0.293 e. The van der Waals surface area contributed by atoms with Gasteiger partial charge in [-0.25, -0.2) is 0 Å². The van der Waals surface area contributed by atoms with Crippen LogP contribution in [0.15, 0.2) is 0 Å². The Hall–Kier alpha value is -0.176. The molecule has 0 radical (unpaired) electrons. The van der Waals surface area contributed by atoms with Crippen LogP contribution in [-0.2, 0) is 13.6 Å². The fourth-order valence-corrected chi connectivity index (χ4v) is 7.34. The van der Waals surface area contributed by atoms with Gasteiger partial charge in [0.15, 0.2) is 8.32 Å². The van der Waals surface area contributed by atoms with Crippen molar-refractivity contribution in [1.82, 2.24) is 4.90 Å². The zero-order chi connectivity index (χ0) is 17.9. The topological polar surface area (TPSA) is 38.8 Å². The lowest BCUT2D eigenvalue weighted by Gasteiger charge is -2.28. The highest BCUT2D eigenvalue weighted by atomic mass is 28.4. The third-order valence-electron chi connectivity index (χ3n) is 4.81. The van der Waals surface area contributed by atoms with Gasteiger partial charge in [0.2, 0.25) is 0 Å². The van der Waals surface area contributed by atoms with Crippen molar-refractivity contribution in [3.8, 4) is 0 Å². The molecule has 4 nitrogen and oxygen atoms in total. The third-order valence-corrected chi connectivity index (χ3v) is 12.0. The van der Waals surface area contributed by atoms with Crippen LogP contribution in [0.4, 0.5) is 0 Å². The third kappa shape index (κ3) is 9.64. The van der Waals surface area contributed by atoms with Gasteiger partial charge in [0.1, 0.15) is 0 Å². The molecule has 0 fully saturated rings. The largest absolute Gasteiger partial charge is 0.519 e. The van der Waals surface area contributed by atoms with Crippen LogP contribution in [0.5, 0.6) is 0 Å². The van der Waals surface area contributed by atoms with Crippen LogP contribution in [0.1, 0.15) is 40.5 Å². The molecule has 0 atom stereocenters. The van der Waals surface area contributed by atoms with Crippen molar-refractivity contribution >= 4 is 22.6 Å². The minimum Gasteiger partial charge on any atom is -0.519 e. The number of rotatable bonds is 13. The molecular weight excluding hydrogens is 322 g/mol. The highest BCUT2D eigenvalue weighted by molar-refractivity contribution is 6.74. The minimum atomic E-state index is -1.79. The zero-order valence-corrected chi connectivity index (χ0v) is 18.5. The molecule has 0 aromatic carbocycles. The molecule has 0 spiro atoms. The van der Waals surface area contributed by atoms with Crippen LogP contribution in [-0.4, -0.2) is 54.2 Å². The summed E-state index contributed by atoms with van der Waals surface area (Å²) in [7, 11) is -1.18. The van der Waals surface area contributed by atoms with E-state index in [0.717, 1.165) is 44.2 Å². The summed E-state index contributed by atoms with van der Waals surface area (Å²) < 4.78 is 11.7. The van der Waals surface area contributed by atoms with Crippen LogP contribution in [0.2, 0.25) is 37.3 Å². The predicted molar refractivity (Wildman–Crippen MR) is 104 cm³/mol. The van der Waals surface area contributed by atoms with E-state index in [-0.39, 0.29) is 5.97 Å². The molecule has 23 heavy (non-hydrogen) atoms. The first kappa shape index (κ1) is 22.8. The van der Waals surface area contributed by atoms with Crippen molar-refractivity contribution in [1.29, 1.82) is 0 Å². The van der Waals surface area contributed by atoms with Crippen molar-refractivity contribution in [2.75, 3.05) is 26.7 Å².